The fourth-order valence-corrected chi connectivity index (χ4v) is 3.42. The van der Waals surface area contributed by atoms with Crippen LogP contribution in [0.1, 0.15) is 10.4 Å². The van der Waals surface area contributed by atoms with Crippen LogP contribution in [0.5, 0.6) is 0 Å². The van der Waals surface area contributed by atoms with Crippen molar-refractivity contribution in [2.24, 2.45) is 5.10 Å². The minimum atomic E-state index is -1.26. The number of thiazole rings is 1. The first-order valence-corrected chi connectivity index (χ1v) is 9.37. The van der Waals surface area contributed by atoms with Crippen molar-refractivity contribution in [2.75, 3.05) is 10.4 Å². The zero-order valence-corrected chi connectivity index (χ0v) is 15.8. The predicted octanol–water partition coefficient (Wildman–Crippen LogP) is 2.01. The van der Waals surface area contributed by atoms with Crippen molar-refractivity contribution < 1.29 is 14.7 Å². The number of carbonyl (C=O) groups excluding carboxylic acids is 2. The maximum atomic E-state index is 12.7. The highest BCUT2D eigenvalue weighted by atomic mass is 32.1. The Bertz CT molecular complexity index is 1120. The van der Waals surface area contributed by atoms with Crippen LogP contribution in [0.15, 0.2) is 77.4 Å². The molecule has 0 aliphatic carbocycles. The number of nitrogens with one attached hydrogen (secondary N) is 2. The summed E-state index contributed by atoms with van der Waals surface area (Å²) in [4.78, 5) is 28.0. The normalized spacial score (nSPS) is 14.9. The molecular formula is C20H14N5O3S-. The van der Waals surface area contributed by atoms with Crippen molar-refractivity contribution in [3.63, 3.8) is 0 Å². The van der Waals surface area contributed by atoms with E-state index in [-0.39, 0.29) is 11.3 Å². The number of hydrogen-bond acceptors (Lipinski definition) is 8. The second kappa shape index (κ2) is 7.56. The lowest BCUT2D eigenvalue weighted by atomic mass is 10.2. The lowest BCUT2D eigenvalue weighted by molar-refractivity contribution is -0.255. The smallest absolute Gasteiger partial charge is 0.301 e. The van der Waals surface area contributed by atoms with Gasteiger partial charge in [-0.05, 0) is 17.7 Å². The summed E-state index contributed by atoms with van der Waals surface area (Å²) >= 11 is 1.32. The Balaban J connectivity index is 1.51. The van der Waals surface area contributed by atoms with Crippen molar-refractivity contribution in [1.82, 2.24) is 10.4 Å². The van der Waals surface area contributed by atoms with Crippen LogP contribution >= 0.6 is 11.3 Å². The Labute approximate surface area is 169 Å². The average molecular weight is 404 g/mol. The summed E-state index contributed by atoms with van der Waals surface area (Å²) in [5.41, 5.74) is 8.32. The third-order valence-corrected chi connectivity index (χ3v) is 4.93. The van der Waals surface area contributed by atoms with Crippen LogP contribution in [-0.2, 0) is 4.79 Å². The molecule has 2 heterocycles. The molecule has 1 amide bonds. The van der Waals surface area contributed by atoms with Crippen molar-refractivity contribution in [3.05, 3.63) is 77.8 Å². The van der Waals surface area contributed by atoms with Gasteiger partial charge in [-0.2, -0.15) is 10.1 Å². The summed E-state index contributed by atoms with van der Waals surface area (Å²) in [6.45, 7) is 3.82. The molecule has 1 aliphatic rings. The molecular weight excluding hydrogens is 390 g/mol. The second-order valence-corrected chi connectivity index (χ2v) is 6.89. The van der Waals surface area contributed by atoms with E-state index in [4.69, 9.17) is 0 Å². The van der Waals surface area contributed by atoms with E-state index >= 15 is 0 Å². The number of rotatable bonds is 5. The molecule has 0 unspecified atom stereocenters. The molecule has 1 aromatic heterocycles. The molecule has 29 heavy (non-hydrogen) atoms. The average Bonchev–Trinajstić information content (AvgIpc) is 3.32. The SMILES string of the molecule is C=C1NN(c2nc(-c3ccccc3)cs2)C(=O)/C1=N/Nc1ccc(C(=O)[O-])cc1. The van der Waals surface area contributed by atoms with Gasteiger partial charge in [0.05, 0.1) is 23.0 Å². The number of nitrogens with zero attached hydrogens (tertiary/aromatic N) is 3. The number of amides is 1. The quantitative estimate of drug-likeness (QED) is 0.630. The Hall–Kier alpha value is -3.98. The first-order valence-electron chi connectivity index (χ1n) is 8.49. The van der Waals surface area contributed by atoms with Crippen molar-refractivity contribution in [1.29, 1.82) is 0 Å². The molecule has 9 heteroatoms. The summed E-state index contributed by atoms with van der Waals surface area (Å²) in [5.74, 6) is -1.66. The lowest BCUT2D eigenvalue weighted by Crippen LogP contribution is -2.34. The Morgan fingerprint density at radius 2 is 1.90 bits per heavy atom. The molecule has 0 atom stereocenters. The molecule has 8 nitrogen and oxygen atoms in total. The Kier molecular flexibility index (Phi) is 4.80. The summed E-state index contributed by atoms with van der Waals surface area (Å²) in [5, 5.41) is 18.5. The topological polar surface area (TPSA) is 110 Å². The summed E-state index contributed by atoms with van der Waals surface area (Å²) < 4.78 is 0. The first kappa shape index (κ1) is 18.4. The third kappa shape index (κ3) is 3.71. The summed E-state index contributed by atoms with van der Waals surface area (Å²) in [7, 11) is 0. The fourth-order valence-electron chi connectivity index (χ4n) is 2.63. The zero-order chi connectivity index (χ0) is 20.4. The van der Waals surface area contributed by atoms with Crippen LogP contribution in [-0.4, -0.2) is 22.6 Å². The van der Waals surface area contributed by atoms with Gasteiger partial charge in [0.25, 0.3) is 0 Å². The number of aromatic nitrogens is 1. The molecule has 0 spiro atoms. The highest BCUT2D eigenvalue weighted by Crippen LogP contribution is 2.28. The van der Waals surface area contributed by atoms with E-state index in [0.717, 1.165) is 11.3 Å². The predicted molar refractivity (Wildman–Crippen MR) is 109 cm³/mol. The molecule has 0 bridgehead atoms. The molecule has 1 saturated heterocycles. The lowest BCUT2D eigenvalue weighted by Gasteiger charge is -2.10. The Morgan fingerprint density at radius 3 is 2.59 bits per heavy atom. The summed E-state index contributed by atoms with van der Waals surface area (Å²) in [6, 6.07) is 15.5. The number of aromatic carboxylic acids is 1. The number of carbonyl (C=O) groups is 2. The number of hydrogen-bond donors (Lipinski definition) is 2. The van der Waals surface area contributed by atoms with Gasteiger partial charge < -0.3 is 9.90 Å². The van der Waals surface area contributed by atoms with Gasteiger partial charge >= 0.3 is 5.91 Å². The van der Waals surface area contributed by atoms with Crippen LogP contribution in [0.3, 0.4) is 0 Å². The van der Waals surface area contributed by atoms with Crippen molar-refractivity contribution in [3.8, 4) is 11.3 Å². The number of anilines is 2. The van der Waals surface area contributed by atoms with E-state index in [1.807, 2.05) is 35.7 Å². The molecule has 4 rings (SSSR count). The largest absolute Gasteiger partial charge is 0.545 e. The van der Waals surface area contributed by atoms with Crippen molar-refractivity contribution in [2.45, 2.75) is 0 Å². The van der Waals surface area contributed by atoms with Gasteiger partial charge in [-0.1, -0.05) is 49.0 Å². The van der Waals surface area contributed by atoms with Gasteiger partial charge in [0.1, 0.15) is 0 Å². The van der Waals surface area contributed by atoms with Crippen LogP contribution in [0.4, 0.5) is 10.8 Å². The number of benzene rings is 2. The summed E-state index contributed by atoms with van der Waals surface area (Å²) in [6.07, 6.45) is 0. The van der Waals surface area contributed by atoms with Gasteiger partial charge in [-0.15, -0.1) is 11.3 Å². The fraction of sp³-hybridized carbons (Fsp3) is 0. The third-order valence-electron chi connectivity index (χ3n) is 4.11. The van der Waals surface area contributed by atoms with Gasteiger partial charge in [-0.3, -0.25) is 15.6 Å². The van der Waals surface area contributed by atoms with Gasteiger partial charge in [0, 0.05) is 10.9 Å². The van der Waals surface area contributed by atoms with Crippen LogP contribution in [0.2, 0.25) is 0 Å². The molecule has 1 fully saturated rings. The monoisotopic (exact) mass is 404 g/mol. The molecule has 2 N–H and O–H groups in total. The van der Waals surface area contributed by atoms with Gasteiger partial charge in [0.2, 0.25) is 5.13 Å². The van der Waals surface area contributed by atoms with Gasteiger partial charge in [-0.25, -0.2) is 4.98 Å². The molecule has 3 aromatic rings. The maximum Gasteiger partial charge on any atom is 0.301 e. The number of carboxylic acid groups (broad SMARTS) is 1. The first-order chi connectivity index (χ1) is 14.0. The zero-order valence-electron chi connectivity index (χ0n) is 15.0. The molecule has 144 valence electrons. The van der Waals surface area contributed by atoms with Crippen LogP contribution in [0, 0.1) is 0 Å². The minimum Gasteiger partial charge on any atom is -0.545 e. The standard InChI is InChI=1S/C20H15N5O3S/c1-12-17(23-22-15-9-7-14(8-10-15)19(27)28)18(26)25(24-12)20-21-16(11-29-20)13-5-3-2-4-6-13/h2-11,22,24H,1H2,(H,27,28)/p-1/b23-17+. The number of hydrazine groups is 1. The molecule has 2 aromatic carbocycles. The van der Waals surface area contributed by atoms with E-state index in [9.17, 15) is 14.7 Å². The minimum absolute atomic E-state index is 0.0513. The second-order valence-electron chi connectivity index (χ2n) is 6.05. The van der Waals surface area contributed by atoms with Crippen molar-refractivity contribution >= 4 is 39.7 Å². The van der Waals surface area contributed by atoms with E-state index in [1.54, 1.807) is 0 Å². The van der Waals surface area contributed by atoms with Gasteiger partial charge in [0.15, 0.2) is 5.71 Å². The highest BCUT2D eigenvalue weighted by Gasteiger charge is 2.34. The van der Waals surface area contributed by atoms with E-state index in [1.165, 1.54) is 40.6 Å². The molecule has 1 aliphatic heterocycles. The van der Waals surface area contributed by atoms with E-state index in [0.29, 0.717) is 16.5 Å². The highest BCUT2D eigenvalue weighted by molar-refractivity contribution is 7.14. The number of carboxylic acids is 1. The molecule has 0 saturated carbocycles. The number of hydrazone groups is 1. The van der Waals surface area contributed by atoms with Crippen LogP contribution in [0.25, 0.3) is 11.3 Å². The van der Waals surface area contributed by atoms with E-state index < -0.39 is 11.9 Å². The van der Waals surface area contributed by atoms with Crippen LogP contribution < -0.4 is 21.0 Å². The Morgan fingerprint density at radius 1 is 1.17 bits per heavy atom. The maximum absolute atomic E-state index is 12.7. The molecule has 0 radical (unpaired) electrons. The van der Waals surface area contributed by atoms with E-state index in [2.05, 4.69) is 27.5 Å².